The minimum absolute atomic E-state index is 0.190. The summed E-state index contributed by atoms with van der Waals surface area (Å²) in [5.74, 6) is 0.902. The highest BCUT2D eigenvalue weighted by atomic mass is 79.9. The van der Waals surface area contributed by atoms with E-state index in [4.69, 9.17) is 10.5 Å². The van der Waals surface area contributed by atoms with Crippen LogP contribution in [0.2, 0.25) is 0 Å². The smallest absolute Gasteiger partial charge is 0.125 e. The molecule has 0 aliphatic heterocycles. The van der Waals surface area contributed by atoms with Crippen LogP contribution in [0, 0.1) is 0 Å². The van der Waals surface area contributed by atoms with Crippen molar-refractivity contribution in [3.63, 3.8) is 0 Å². The van der Waals surface area contributed by atoms with Crippen molar-refractivity contribution in [1.29, 1.82) is 0 Å². The van der Waals surface area contributed by atoms with Gasteiger partial charge in [0, 0.05) is 15.6 Å². The van der Waals surface area contributed by atoms with E-state index >= 15 is 0 Å². The number of hydrogen-bond donors (Lipinski definition) is 1. The highest BCUT2D eigenvalue weighted by Crippen LogP contribution is 2.40. The molecule has 0 saturated heterocycles. The van der Waals surface area contributed by atoms with E-state index in [-0.39, 0.29) is 5.54 Å². The van der Waals surface area contributed by atoms with Crippen LogP contribution in [-0.4, -0.2) is 7.11 Å². The Hall–Kier alpha value is -0.540. The van der Waals surface area contributed by atoms with E-state index < -0.39 is 0 Å². The Morgan fingerprint density at radius 1 is 1.25 bits per heavy atom. The summed E-state index contributed by atoms with van der Waals surface area (Å²) in [6.07, 6.45) is 5.86. The van der Waals surface area contributed by atoms with Gasteiger partial charge >= 0.3 is 0 Å². The Morgan fingerprint density at radius 3 is 2.56 bits per heavy atom. The summed E-state index contributed by atoms with van der Waals surface area (Å²) in [5, 5.41) is 0. The minimum Gasteiger partial charge on any atom is -0.496 e. The lowest BCUT2D eigenvalue weighted by molar-refractivity contribution is 0.289. The molecule has 0 unspecified atom stereocenters. The number of halogens is 1. The molecule has 0 atom stereocenters. The molecule has 0 aromatic heterocycles. The average Bonchev–Trinajstić information content (AvgIpc) is 2.29. The Kier molecular flexibility index (Phi) is 3.55. The highest BCUT2D eigenvalue weighted by Gasteiger charge is 2.31. The van der Waals surface area contributed by atoms with Gasteiger partial charge in [-0.1, -0.05) is 41.3 Å². The molecule has 0 amide bonds. The van der Waals surface area contributed by atoms with Crippen LogP contribution in [0.25, 0.3) is 0 Å². The van der Waals surface area contributed by atoms with Crippen molar-refractivity contribution in [1.82, 2.24) is 0 Å². The van der Waals surface area contributed by atoms with Crippen molar-refractivity contribution >= 4 is 15.9 Å². The lowest BCUT2D eigenvalue weighted by Gasteiger charge is -2.34. The van der Waals surface area contributed by atoms with E-state index in [1.807, 2.05) is 12.1 Å². The summed E-state index contributed by atoms with van der Waals surface area (Å²) in [5.41, 5.74) is 7.47. The predicted molar refractivity (Wildman–Crippen MR) is 69.6 cm³/mol. The molecule has 3 heteroatoms. The second-order valence-electron chi connectivity index (χ2n) is 4.56. The molecule has 1 aromatic rings. The normalized spacial score (nSPS) is 19.4. The van der Waals surface area contributed by atoms with Crippen LogP contribution in [0.5, 0.6) is 5.75 Å². The number of methoxy groups -OCH3 is 1. The van der Waals surface area contributed by atoms with Gasteiger partial charge in [-0.25, -0.2) is 0 Å². The average molecular weight is 284 g/mol. The van der Waals surface area contributed by atoms with Crippen LogP contribution >= 0.6 is 15.9 Å². The van der Waals surface area contributed by atoms with E-state index in [1.54, 1.807) is 7.11 Å². The van der Waals surface area contributed by atoms with Gasteiger partial charge in [-0.2, -0.15) is 0 Å². The quantitative estimate of drug-likeness (QED) is 0.901. The first-order chi connectivity index (χ1) is 7.65. The standard InChI is InChI=1S/C13H18BrNO/c1-16-12-9-10(14)5-6-11(12)13(15)7-3-2-4-8-13/h5-6,9H,2-4,7-8,15H2,1H3. The van der Waals surface area contributed by atoms with E-state index in [9.17, 15) is 0 Å². The maximum Gasteiger partial charge on any atom is 0.125 e. The second-order valence-corrected chi connectivity index (χ2v) is 5.48. The molecular formula is C13H18BrNO. The Balaban J connectivity index is 2.37. The summed E-state index contributed by atoms with van der Waals surface area (Å²) >= 11 is 3.46. The van der Waals surface area contributed by atoms with Gasteiger partial charge in [0.25, 0.3) is 0 Å². The Bertz CT molecular complexity index is 372. The first-order valence-corrected chi connectivity index (χ1v) is 6.58. The summed E-state index contributed by atoms with van der Waals surface area (Å²) in [6, 6.07) is 6.13. The largest absolute Gasteiger partial charge is 0.496 e. The molecule has 2 N–H and O–H groups in total. The van der Waals surface area contributed by atoms with E-state index in [1.165, 1.54) is 19.3 Å². The van der Waals surface area contributed by atoms with Crippen molar-refractivity contribution in [2.24, 2.45) is 5.73 Å². The Morgan fingerprint density at radius 2 is 1.94 bits per heavy atom. The fourth-order valence-corrected chi connectivity index (χ4v) is 2.87. The number of nitrogens with two attached hydrogens (primary N) is 1. The van der Waals surface area contributed by atoms with Gasteiger partial charge < -0.3 is 10.5 Å². The second kappa shape index (κ2) is 4.76. The molecule has 0 radical (unpaired) electrons. The van der Waals surface area contributed by atoms with E-state index in [2.05, 4.69) is 22.0 Å². The van der Waals surface area contributed by atoms with Crippen LogP contribution in [-0.2, 0) is 5.54 Å². The lowest BCUT2D eigenvalue weighted by atomic mass is 9.77. The summed E-state index contributed by atoms with van der Waals surface area (Å²) in [4.78, 5) is 0. The first kappa shape index (κ1) is 11.9. The van der Waals surface area contributed by atoms with Crippen LogP contribution in [0.4, 0.5) is 0 Å². The zero-order valence-corrected chi connectivity index (χ0v) is 11.2. The van der Waals surface area contributed by atoms with Gasteiger partial charge in [-0.15, -0.1) is 0 Å². The van der Waals surface area contributed by atoms with Gasteiger partial charge in [0.15, 0.2) is 0 Å². The summed E-state index contributed by atoms with van der Waals surface area (Å²) in [7, 11) is 1.71. The molecule has 2 rings (SSSR count). The monoisotopic (exact) mass is 283 g/mol. The van der Waals surface area contributed by atoms with Gasteiger partial charge in [0.1, 0.15) is 5.75 Å². The molecule has 1 aliphatic rings. The summed E-state index contributed by atoms with van der Waals surface area (Å²) < 4.78 is 6.47. The number of benzene rings is 1. The number of ether oxygens (including phenoxy) is 1. The maximum absolute atomic E-state index is 6.51. The number of hydrogen-bond acceptors (Lipinski definition) is 2. The topological polar surface area (TPSA) is 35.2 Å². The molecule has 88 valence electrons. The van der Waals surface area contributed by atoms with Crippen molar-refractivity contribution in [3.8, 4) is 5.75 Å². The van der Waals surface area contributed by atoms with Crippen LogP contribution in [0.15, 0.2) is 22.7 Å². The van der Waals surface area contributed by atoms with E-state index in [0.29, 0.717) is 0 Å². The summed E-state index contributed by atoms with van der Waals surface area (Å²) in [6.45, 7) is 0. The van der Waals surface area contributed by atoms with Crippen molar-refractivity contribution in [2.75, 3.05) is 7.11 Å². The van der Waals surface area contributed by atoms with Crippen molar-refractivity contribution in [2.45, 2.75) is 37.6 Å². The molecule has 1 aliphatic carbocycles. The fraction of sp³-hybridized carbons (Fsp3) is 0.538. The van der Waals surface area contributed by atoms with Gasteiger partial charge in [-0.05, 0) is 25.0 Å². The maximum atomic E-state index is 6.51. The molecule has 0 bridgehead atoms. The van der Waals surface area contributed by atoms with Crippen molar-refractivity contribution in [3.05, 3.63) is 28.2 Å². The van der Waals surface area contributed by atoms with Crippen LogP contribution < -0.4 is 10.5 Å². The van der Waals surface area contributed by atoms with Gasteiger partial charge in [0.2, 0.25) is 0 Å². The minimum atomic E-state index is -0.190. The van der Waals surface area contributed by atoms with Gasteiger partial charge in [0.05, 0.1) is 7.11 Å². The molecule has 1 fully saturated rings. The molecular weight excluding hydrogens is 266 g/mol. The highest BCUT2D eigenvalue weighted by molar-refractivity contribution is 9.10. The molecule has 0 spiro atoms. The third-order valence-electron chi connectivity index (χ3n) is 3.45. The third-order valence-corrected chi connectivity index (χ3v) is 3.94. The molecule has 1 saturated carbocycles. The van der Waals surface area contributed by atoms with Crippen molar-refractivity contribution < 1.29 is 4.74 Å². The van der Waals surface area contributed by atoms with Crippen LogP contribution in [0.1, 0.15) is 37.7 Å². The molecule has 0 heterocycles. The van der Waals surface area contributed by atoms with Crippen LogP contribution in [0.3, 0.4) is 0 Å². The Labute approximate surface area is 105 Å². The first-order valence-electron chi connectivity index (χ1n) is 5.79. The third kappa shape index (κ3) is 2.25. The molecule has 16 heavy (non-hydrogen) atoms. The zero-order chi connectivity index (χ0) is 11.6. The molecule has 2 nitrogen and oxygen atoms in total. The molecule has 1 aromatic carbocycles. The predicted octanol–water partition coefficient (Wildman–Crippen LogP) is 3.58. The fourth-order valence-electron chi connectivity index (χ4n) is 2.53. The SMILES string of the molecule is COc1cc(Br)ccc1C1(N)CCCCC1. The zero-order valence-electron chi connectivity index (χ0n) is 9.63. The number of rotatable bonds is 2. The van der Waals surface area contributed by atoms with E-state index in [0.717, 1.165) is 28.6 Å². The lowest BCUT2D eigenvalue weighted by Crippen LogP contribution is -2.38. The van der Waals surface area contributed by atoms with Gasteiger partial charge in [-0.3, -0.25) is 0 Å².